The molecular formula is C18H30ClNO2. The summed E-state index contributed by atoms with van der Waals surface area (Å²) >= 11 is 0. The minimum absolute atomic E-state index is 0. The molecule has 0 N–H and O–H groups in total. The van der Waals surface area contributed by atoms with Gasteiger partial charge in [-0.3, -0.25) is 4.79 Å². The normalized spacial score (nSPS) is 11.8. The molecular weight excluding hydrogens is 298 g/mol. The fraction of sp³-hybridized carbons (Fsp3) is 0.611. The molecule has 22 heavy (non-hydrogen) atoms. The van der Waals surface area contributed by atoms with Crippen LogP contribution in [-0.2, 0) is 9.53 Å². The van der Waals surface area contributed by atoms with Gasteiger partial charge in [-0.2, -0.15) is 0 Å². The molecule has 4 heteroatoms. The third-order valence-corrected chi connectivity index (χ3v) is 3.82. The van der Waals surface area contributed by atoms with E-state index in [-0.39, 0.29) is 24.3 Å². The Hall–Kier alpha value is -1.06. The average Bonchev–Trinajstić information content (AvgIpc) is 2.53. The van der Waals surface area contributed by atoms with E-state index >= 15 is 0 Å². The van der Waals surface area contributed by atoms with Crippen molar-refractivity contribution in [1.82, 2.24) is 4.90 Å². The third kappa shape index (κ3) is 7.28. The van der Waals surface area contributed by atoms with Crippen molar-refractivity contribution in [3.05, 3.63) is 35.9 Å². The van der Waals surface area contributed by atoms with Crippen molar-refractivity contribution in [1.29, 1.82) is 0 Å². The van der Waals surface area contributed by atoms with E-state index in [1.807, 2.05) is 30.3 Å². The fourth-order valence-electron chi connectivity index (χ4n) is 2.50. The van der Waals surface area contributed by atoms with Gasteiger partial charge in [0.25, 0.3) is 0 Å². The van der Waals surface area contributed by atoms with Crippen LogP contribution in [0.3, 0.4) is 0 Å². The van der Waals surface area contributed by atoms with Crippen LogP contribution in [0, 0.1) is 0 Å². The van der Waals surface area contributed by atoms with Gasteiger partial charge in [0.1, 0.15) is 0 Å². The van der Waals surface area contributed by atoms with Gasteiger partial charge in [0, 0.05) is 6.54 Å². The number of hydrogen-bond donors (Lipinski definition) is 0. The molecule has 0 aromatic heterocycles. The third-order valence-electron chi connectivity index (χ3n) is 3.82. The molecule has 1 unspecified atom stereocenters. The van der Waals surface area contributed by atoms with Gasteiger partial charge in [-0.1, -0.05) is 57.5 Å². The zero-order valence-corrected chi connectivity index (χ0v) is 14.9. The second-order valence-electron chi connectivity index (χ2n) is 5.30. The Morgan fingerprint density at radius 3 is 2.32 bits per heavy atom. The molecule has 0 fully saturated rings. The molecule has 0 aliphatic carbocycles. The van der Waals surface area contributed by atoms with Crippen molar-refractivity contribution in [2.75, 3.05) is 26.2 Å². The van der Waals surface area contributed by atoms with Crippen molar-refractivity contribution < 1.29 is 9.53 Å². The van der Waals surface area contributed by atoms with Crippen LogP contribution in [0.2, 0.25) is 0 Å². The van der Waals surface area contributed by atoms with Gasteiger partial charge in [-0.25, -0.2) is 0 Å². The highest BCUT2D eigenvalue weighted by molar-refractivity contribution is 5.85. The Kier molecular flexibility index (Phi) is 11.9. The maximum atomic E-state index is 12.3. The Labute approximate surface area is 141 Å². The van der Waals surface area contributed by atoms with Crippen LogP contribution in [0.5, 0.6) is 0 Å². The van der Waals surface area contributed by atoms with Crippen LogP contribution in [-0.4, -0.2) is 37.1 Å². The Bertz CT molecular complexity index is 393. The summed E-state index contributed by atoms with van der Waals surface area (Å²) in [6.07, 6.45) is 2.73. The molecule has 1 rings (SSSR count). The molecule has 0 saturated heterocycles. The van der Waals surface area contributed by atoms with Gasteiger partial charge in [0.15, 0.2) is 0 Å². The van der Waals surface area contributed by atoms with Gasteiger partial charge >= 0.3 is 5.97 Å². The van der Waals surface area contributed by atoms with Crippen LogP contribution < -0.4 is 0 Å². The first-order chi connectivity index (χ1) is 10.2. The Morgan fingerprint density at radius 2 is 1.77 bits per heavy atom. The molecule has 1 aromatic carbocycles. The maximum Gasteiger partial charge on any atom is 0.313 e. The maximum absolute atomic E-state index is 12.3. The number of esters is 1. The summed E-state index contributed by atoms with van der Waals surface area (Å²) in [5.41, 5.74) is 1.06. The van der Waals surface area contributed by atoms with Crippen molar-refractivity contribution in [2.24, 2.45) is 0 Å². The van der Waals surface area contributed by atoms with Gasteiger partial charge < -0.3 is 9.64 Å². The fourth-order valence-corrected chi connectivity index (χ4v) is 2.50. The SMILES string of the molecule is CCCC(C(=O)OCCCN(CC)CC)c1ccccc1.Cl. The van der Waals surface area contributed by atoms with E-state index in [0.717, 1.165) is 44.5 Å². The molecule has 3 nitrogen and oxygen atoms in total. The number of hydrogen-bond acceptors (Lipinski definition) is 3. The zero-order chi connectivity index (χ0) is 15.5. The van der Waals surface area contributed by atoms with E-state index in [4.69, 9.17) is 4.74 Å². The lowest BCUT2D eigenvalue weighted by Gasteiger charge is -2.19. The van der Waals surface area contributed by atoms with Gasteiger partial charge in [-0.15, -0.1) is 12.4 Å². The Balaban J connectivity index is 0.00000441. The van der Waals surface area contributed by atoms with E-state index in [9.17, 15) is 4.79 Å². The summed E-state index contributed by atoms with van der Waals surface area (Å²) in [6, 6.07) is 9.95. The summed E-state index contributed by atoms with van der Waals surface area (Å²) in [6.45, 7) is 10.0. The predicted octanol–water partition coefficient (Wildman–Crippen LogP) is 4.27. The highest BCUT2D eigenvalue weighted by Gasteiger charge is 2.20. The molecule has 1 atom stereocenters. The molecule has 0 radical (unpaired) electrons. The van der Waals surface area contributed by atoms with Crippen molar-refractivity contribution in [2.45, 2.75) is 46.0 Å². The highest BCUT2D eigenvalue weighted by Crippen LogP contribution is 2.22. The first kappa shape index (κ1) is 20.9. The topological polar surface area (TPSA) is 29.5 Å². The van der Waals surface area contributed by atoms with Gasteiger partial charge in [0.05, 0.1) is 12.5 Å². The lowest BCUT2D eigenvalue weighted by Crippen LogP contribution is -2.25. The van der Waals surface area contributed by atoms with E-state index in [1.165, 1.54) is 0 Å². The van der Waals surface area contributed by atoms with Crippen LogP contribution >= 0.6 is 12.4 Å². The minimum Gasteiger partial charge on any atom is -0.465 e. The van der Waals surface area contributed by atoms with Crippen LogP contribution in [0.25, 0.3) is 0 Å². The lowest BCUT2D eigenvalue weighted by atomic mass is 9.95. The predicted molar refractivity (Wildman–Crippen MR) is 94.7 cm³/mol. The number of rotatable bonds is 10. The monoisotopic (exact) mass is 327 g/mol. The molecule has 126 valence electrons. The number of halogens is 1. The lowest BCUT2D eigenvalue weighted by molar-refractivity contribution is -0.145. The number of benzene rings is 1. The summed E-state index contributed by atoms with van der Waals surface area (Å²) in [4.78, 5) is 14.6. The first-order valence-corrected chi connectivity index (χ1v) is 8.16. The molecule has 0 aliphatic rings. The van der Waals surface area contributed by atoms with E-state index in [0.29, 0.717) is 6.61 Å². The minimum atomic E-state index is -0.121. The number of carbonyl (C=O) groups is 1. The molecule has 0 amide bonds. The highest BCUT2D eigenvalue weighted by atomic mass is 35.5. The molecule has 0 spiro atoms. The van der Waals surface area contributed by atoms with E-state index in [2.05, 4.69) is 25.7 Å². The number of carbonyl (C=O) groups excluding carboxylic acids is 1. The second kappa shape index (κ2) is 12.5. The summed E-state index contributed by atoms with van der Waals surface area (Å²) in [5.74, 6) is -0.202. The molecule has 0 heterocycles. The molecule has 0 aliphatic heterocycles. The Morgan fingerprint density at radius 1 is 1.14 bits per heavy atom. The van der Waals surface area contributed by atoms with Crippen LogP contribution in [0.15, 0.2) is 30.3 Å². The summed E-state index contributed by atoms with van der Waals surface area (Å²) < 4.78 is 5.48. The van der Waals surface area contributed by atoms with Crippen molar-refractivity contribution in [3.63, 3.8) is 0 Å². The van der Waals surface area contributed by atoms with Crippen molar-refractivity contribution >= 4 is 18.4 Å². The van der Waals surface area contributed by atoms with E-state index < -0.39 is 0 Å². The van der Waals surface area contributed by atoms with Gasteiger partial charge in [0.2, 0.25) is 0 Å². The largest absolute Gasteiger partial charge is 0.465 e. The van der Waals surface area contributed by atoms with Crippen LogP contribution in [0.4, 0.5) is 0 Å². The smallest absolute Gasteiger partial charge is 0.313 e. The van der Waals surface area contributed by atoms with Gasteiger partial charge in [-0.05, 0) is 31.5 Å². The standard InChI is InChI=1S/C18H29NO2.ClH/c1-4-11-17(16-12-8-7-9-13-16)18(20)21-15-10-14-19(5-2)6-3;/h7-9,12-13,17H,4-6,10-11,14-15H2,1-3H3;1H. The summed E-state index contributed by atoms with van der Waals surface area (Å²) in [7, 11) is 0. The molecule has 0 saturated carbocycles. The number of ether oxygens (including phenoxy) is 1. The van der Waals surface area contributed by atoms with E-state index in [1.54, 1.807) is 0 Å². The summed E-state index contributed by atoms with van der Waals surface area (Å²) in [5, 5.41) is 0. The molecule has 1 aromatic rings. The quantitative estimate of drug-likeness (QED) is 0.475. The van der Waals surface area contributed by atoms with Crippen molar-refractivity contribution in [3.8, 4) is 0 Å². The zero-order valence-electron chi connectivity index (χ0n) is 14.1. The molecule has 0 bridgehead atoms. The first-order valence-electron chi connectivity index (χ1n) is 8.16. The average molecular weight is 328 g/mol. The van der Waals surface area contributed by atoms with Crippen LogP contribution in [0.1, 0.15) is 51.5 Å². The second-order valence-corrected chi connectivity index (χ2v) is 5.30. The number of nitrogens with zero attached hydrogens (tertiary/aromatic N) is 1.